The number of hydrogen-bond acceptors (Lipinski definition) is 4. The highest BCUT2D eigenvalue weighted by atomic mass is 79.9. The van der Waals surface area contributed by atoms with Gasteiger partial charge in [-0.2, -0.15) is 0 Å². The van der Waals surface area contributed by atoms with Gasteiger partial charge in [0.2, 0.25) is 0 Å². The summed E-state index contributed by atoms with van der Waals surface area (Å²) in [6.07, 6.45) is 1.81. The number of nitrogens with zero attached hydrogens (tertiary/aromatic N) is 1. The van der Waals surface area contributed by atoms with Gasteiger partial charge in [-0.25, -0.2) is 0 Å². The van der Waals surface area contributed by atoms with E-state index in [0.717, 1.165) is 15.8 Å². The molecule has 122 valence electrons. The number of methoxy groups -OCH3 is 1. The summed E-state index contributed by atoms with van der Waals surface area (Å²) in [7, 11) is 1.61. The minimum absolute atomic E-state index is 0.154. The van der Waals surface area contributed by atoms with Crippen molar-refractivity contribution < 1.29 is 9.53 Å². The zero-order valence-electron chi connectivity index (χ0n) is 12.5. The molecule has 3 nitrogen and oxygen atoms in total. The van der Waals surface area contributed by atoms with Crippen molar-refractivity contribution in [2.45, 2.75) is 0 Å². The van der Waals surface area contributed by atoms with Crippen molar-refractivity contribution in [3.05, 3.63) is 62.4 Å². The molecule has 1 saturated heterocycles. The van der Waals surface area contributed by atoms with Crippen molar-refractivity contribution in [1.29, 1.82) is 0 Å². The monoisotopic (exact) mass is 439 g/mol. The highest BCUT2D eigenvalue weighted by molar-refractivity contribution is 9.10. The van der Waals surface area contributed by atoms with E-state index in [1.807, 2.05) is 30.3 Å². The van der Waals surface area contributed by atoms with E-state index in [0.29, 0.717) is 19.9 Å². The van der Waals surface area contributed by atoms with Crippen LogP contribution in [0.1, 0.15) is 5.56 Å². The second-order valence-electron chi connectivity index (χ2n) is 4.89. The van der Waals surface area contributed by atoms with Crippen molar-refractivity contribution in [2.24, 2.45) is 0 Å². The molecule has 1 heterocycles. The average molecular weight is 441 g/mol. The maximum atomic E-state index is 12.7. The van der Waals surface area contributed by atoms with E-state index in [1.165, 1.54) is 16.7 Å². The lowest BCUT2D eigenvalue weighted by Crippen LogP contribution is -2.27. The summed E-state index contributed by atoms with van der Waals surface area (Å²) in [5.41, 5.74) is 1.55. The molecule has 0 aromatic heterocycles. The van der Waals surface area contributed by atoms with Crippen molar-refractivity contribution in [3.8, 4) is 5.75 Å². The summed E-state index contributed by atoms with van der Waals surface area (Å²) in [5, 5.41) is 0.560. The van der Waals surface area contributed by atoms with Gasteiger partial charge in [0.15, 0.2) is 4.32 Å². The van der Waals surface area contributed by atoms with Crippen LogP contribution in [0, 0.1) is 0 Å². The van der Waals surface area contributed by atoms with Gasteiger partial charge in [-0.1, -0.05) is 47.7 Å². The second kappa shape index (κ2) is 7.27. The van der Waals surface area contributed by atoms with Crippen LogP contribution in [-0.4, -0.2) is 17.3 Å². The van der Waals surface area contributed by atoms with Crippen molar-refractivity contribution in [2.75, 3.05) is 12.0 Å². The molecule has 1 fully saturated rings. The zero-order valence-corrected chi connectivity index (χ0v) is 16.4. The first-order valence-electron chi connectivity index (χ1n) is 6.86. The Kier molecular flexibility index (Phi) is 5.30. The van der Waals surface area contributed by atoms with Gasteiger partial charge in [0.05, 0.1) is 22.2 Å². The van der Waals surface area contributed by atoms with Gasteiger partial charge in [-0.05, 0) is 57.9 Å². The second-order valence-corrected chi connectivity index (χ2v) is 7.86. The maximum absolute atomic E-state index is 12.7. The average Bonchev–Trinajstić information content (AvgIpc) is 2.81. The molecule has 3 rings (SSSR count). The van der Waals surface area contributed by atoms with Gasteiger partial charge >= 0.3 is 0 Å². The number of ether oxygens (including phenoxy) is 1. The SMILES string of the molecule is COc1ccc(C=C2SC(=S)N(c3cccc(Cl)c3)C2=O)cc1Br. The Bertz CT molecular complexity index is 869. The number of benzene rings is 2. The van der Waals surface area contributed by atoms with E-state index in [4.69, 9.17) is 28.6 Å². The van der Waals surface area contributed by atoms with Crippen LogP contribution in [0.4, 0.5) is 5.69 Å². The highest BCUT2D eigenvalue weighted by Crippen LogP contribution is 2.37. The molecule has 0 spiro atoms. The van der Waals surface area contributed by atoms with Gasteiger partial charge in [-0.3, -0.25) is 9.69 Å². The number of thiocarbonyl (C=S) groups is 1. The van der Waals surface area contributed by atoms with Crippen molar-refractivity contribution in [1.82, 2.24) is 0 Å². The number of halogens is 2. The van der Waals surface area contributed by atoms with Gasteiger partial charge in [0, 0.05) is 5.02 Å². The van der Waals surface area contributed by atoms with E-state index in [2.05, 4.69) is 15.9 Å². The maximum Gasteiger partial charge on any atom is 0.270 e. The largest absolute Gasteiger partial charge is 0.496 e. The summed E-state index contributed by atoms with van der Waals surface area (Å²) < 4.78 is 6.52. The van der Waals surface area contributed by atoms with Gasteiger partial charge < -0.3 is 4.74 Å². The first-order valence-corrected chi connectivity index (χ1v) is 9.26. The lowest BCUT2D eigenvalue weighted by Gasteiger charge is -2.14. The van der Waals surface area contributed by atoms with E-state index >= 15 is 0 Å². The van der Waals surface area contributed by atoms with Gasteiger partial charge in [-0.15, -0.1) is 0 Å². The van der Waals surface area contributed by atoms with Crippen molar-refractivity contribution >= 4 is 73.5 Å². The first-order chi connectivity index (χ1) is 11.5. The van der Waals surface area contributed by atoms with E-state index < -0.39 is 0 Å². The van der Waals surface area contributed by atoms with E-state index in [1.54, 1.807) is 25.3 Å². The third-order valence-electron chi connectivity index (χ3n) is 3.33. The Morgan fingerprint density at radius 3 is 2.75 bits per heavy atom. The van der Waals surface area contributed by atoms with E-state index in [-0.39, 0.29) is 5.91 Å². The molecular weight excluding hydrogens is 430 g/mol. The van der Waals surface area contributed by atoms with Gasteiger partial charge in [0.1, 0.15) is 5.75 Å². The van der Waals surface area contributed by atoms with Crippen LogP contribution in [0.5, 0.6) is 5.75 Å². The lowest BCUT2D eigenvalue weighted by atomic mass is 10.2. The standard InChI is InChI=1S/C17H11BrClNO2S2/c1-22-14-6-5-10(7-13(14)18)8-15-16(21)20(17(23)24-15)12-4-2-3-11(19)9-12/h2-9H,1H3. The Morgan fingerprint density at radius 2 is 2.08 bits per heavy atom. The molecule has 0 N–H and O–H groups in total. The Morgan fingerprint density at radius 1 is 1.29 bits per heavy atom. The fourth-order valence-electron chi connectivity index (χ4n) is 2.23. The van der Waals surface area contributed by atoms with Crippen LogP contribution in [0.15, 0.2) is 51.8 Å². The first kappa shape index (κ1) is 17.5. The molecule has 1 amide bonds. The smallest absolute Gasteiger partial charge is 0.270 e. The summed E-state index contributed by atoms with van der Waals surface area (Å²) >= 11 is 16.1. The number of hydrogen-bond donors (Lipinski definition) is 0. The summed E-state index contributed by atoms with van der Waals surface area (Å²) in [6.45, 7) is 0. The number of carbonyl (C=O) groups is 1. The van der Waals surface area contributed by atoms with Gasteiger partial charge in [0.25, 0.3) is 5.91 Å². The fourth-order valence-corrected chi connectivity index (χ4v) is 4.27. The topological polar surface area (TPSA) is 29.5 Å². The summed E-state index contributed by atoms with van der Waals surface area (Å²) in [4.78, 5) is 14.8. The fraction of sp³-hybridized carbons (Fsp3) is 0.0588. The zero-order chi connectivity index (χ0) is 17.3. The number of carbonyl (C=O) groups excluding carboxylic acids is 1. The minimum Gasteiger partial charge on any atom is -0.496 e. The highest BCUT2D eigenvalue weighted by Gasteiger charge is 2.33. The van der Waals surface area contributed by atoms with Crippen LogP contribution in [0.25, 0.3) is 6.08 Å². The molecule has 24 heavy (non-hydrogen) atoms. The molecule has 0 saturated carbocycles. The summed E-state index contributed by atoms with van der Waals surface area (Å²) in [5.74, 6) is 0.581. The summed E-state index contributed by atoms with van der Waals surface area (Å²) in [6, 6.07) is 12.7. The van der Waals surface area contributed by atoms with Crippen LogP contribution < -0.4 is 9.64 Å². The molecule has 7 heteroatoms. The molecule has 1 aliphatic rings. The van der Waals surface area contributed by atoms with Crippen LogP contribution in [0.2, 0.25) is 5.02 Å². The molecule has 0 radical (unpaired) electrons. The number of amides is 1. The predicted molar refractivity (Wildman–Crippen MR) is 108 cm³/mol. The molecule has 1 aliphatic heterocycles. The normalized spacial score (nSPS) is 16.1. The van der Waals surface area contributed by atoms with Crippen LogP contribution in [-0.2, 0) is 4.79 Å². The van der Waals surface area contributed by atoms with E-state index in [9.17, 15) is 4.79 Å². The Hall–Kier alpha value is -1.34. The van der Waals surface area contributed by atoms with Crippen molar-refractivity contribution in [3.63, 3.8) is 0 Å². The lowest BCUT2D eigenvalue weighted by molar-refractivity contribution is -0.113. The molecular formula is C17H11BrClNO2S2. The van der Waals surface area contributed by atoms with Crippen LogP contribution in [0.3, 0.4) is 0 Å². The number of thioether (sulfide) groups is 1. The number of rotatable bonds is 3. The number of anilines is 1. The molecule has 0 aliphatic carbocycles. The third-order valence-corrected chi connectivity index (χ3v) is 5.49. The third kappa shape index (κ3) is 3.52. The minimum atomic E-state index is -0.154. The molecule has 0 atom stereocenters. The molecule has 0 unspecified atom stereocenters. The molecule has 2 aromatic carbocycles. The molecule has 0 bridgehead atoms. The quantitative estimate of drug-likeness (QED) is 0.464. The van der Waals surface area contributed by atoms with Crippen LogP contribution >= 0.6 is 51.5 Å². The Balaban J connectivity index is 1.92. The predicted octanol–water partition coefficient (Wildman–Crippen LogP) is 5.52. The molecule has 2 aromatic rings. The Labute approximate surface area is 162 Å².